The molecular formula is C14H24N4O4. The van der Waals surface area contributed by atoms with Crippen molar-refractivity contribution in [1.29, 1.82) is 0 Å². The molecule has 0 aromatic carbocycles. The fraction of sp³-hybridized carbons (Fsp3) is 0.786. The van der Waals surface area contributed by atoms with Crippen LogP contribution in [0.2, 0.25) is 0 Å². The van der Waals surface area contributed by atoms with Crippen molar-refractivity contribution in [1.82, 2.24) is 15.5 Å². The minimum absolute atomic E-state index is 0.283. The quantitative estimate of drug-likeness (QED) is 0.261. The standard InChI is InChI=1S/C14H24N4O4/c1-9(20)14(15,8-19)18(12(21)10-4-6-16-7-10)13(22)11-3-2-5-17-11/h8-11,16-17,20H,2-7,15H2,1H3/t9-,10+,11+,14-/m1/s1. The molecule has 22 heavy (non-hydrogen) atoms. The van der Waals surface area contributed by atoms with Crippen LogP contribution in [0.5, 0.6) is 0 Å². The zero-order valence-electron chi connectivity index (χ0n) is 12.7. The largest absolute Gasteiger partial charge is 0.389 e. The number of carbonyl (C=O) groups is 3. The summed E-state index contributed by atoms with van der Waals surface area (Å²) in [6.07, 6.45) is 0.908. The predicted molar refractivity (Wildman–Crippen MR) is 78.5 cm³/mol. The molecular weight excluding hydrogens is 288 g/mol. The molecule has 2 aliphatic heterocycles. The lowest BCUT2D eigenvalue weighted by Gasteiger charge is -2.39. The molecule has 2 rings (SSSR count). The number of nitrogens with zero attached hydrogens (tertiary/aromatic N) is 1. The highest BCUT2D eigenvalue weighted by Crippen LogP contribution is 2.22. The highest BCUT2D eigenvalue weighted by atomic mass is 16.3. The Labute approximate surface area is 129 Å². The Morgan fingerprint density at radius 1 is 1.36 bits per heavy atom. The van der Waals surface area contributed by atoms with Gasteiger partial charge >= 0.3 is 0 Å². The van der Waals surface area contributed by atoms with Crippen molar-refractivity contribution in [2.45, 2.75) is 44.0 Å². The average molecular weight is 312 g/mol. The van der Waals surface area contributed by atoms with E-state index in [9.17, 15) is 19.5 Å². The molecule has 2 aliphatic rings. The first kappa shape index (κ1) is 17.0. The van der Waals surface area contributed by atoms with Gasteiger partial charge in [0.1, 0.15) is 0 Å². The van der Waals surface area contributed by atoms with Gasteiger partial charge in [0.05, 0.1) is 18.1 Å². The summed E-state index contributed by atoms with van der Waals surface area (Å²) >= 11 is 0. The Hall–Kier alpha value is -1.35. The van der Waals surface area contributed by atoms with Crippen LogP contribution in [0.15, 0.2) is 0 Å². The van der Waals surface area contributed by atoms with Crippen LogP contribution in [-0.2, 0) is 14.4 Å². The van der Waals surface area contributed by atoms with Gasteiger partial charge in [-0.25, -0.2) is 0 Å². The van der Waals surface area contributed by atoms with E-state index < -0.39 is 35.5 Å². The lowest BCUT2D eigenvalue weighted by Crippen LogP contribution is -2.70. The van der Waals surface area contributed by atoms with Crippen LogP contribution >= 0.6 is 0 Å². The monoisotopic (exact) mass is 312 g/mol. The van der Waals surface area contributed by atoms with E-state index >= 15 is 0 Å². The van der Waals surface area contributed by atoms with Gasteiger partial charge in [-0.3, -0.25) is 25.0 Å². The number of amides is 2. The van der Waals surface area contributed by atoms with Gasteiger partial charge in [-0.2, -0.15) is 0 Å². The summed E-state index contributed by atoms with van der Waals surface area (Å²) in [7, 11) is 0. The van der Waals surface area contributed by atoms with E-state index in [0.29, 0.717) is 32.5 Å². The molecule has 124 valence electrons. The minimum atomic E-state index is -2.04. The number of hydrogen-bond acceptors (Lipinski definition) is 7. The number of aldehydes is 1. The lowest BCUT2D eigenvalue weighted by molar-refractivity contribution is -0.163. The average Bonchev–Trinajstić information content (AvgIpc) is 3.19. The van der Waals surface area contributed by atoms with Gasteiger partial charge in [0, 0.05) is 6.54 Å². The molecule has 0 unspecified atom stereocenters. The first-order chi connectivity index (χ1) is 10.4. The molecule has 0 spiro atoms. The second-order valence-electron chi connectivity index (χ2n) is 6.03. The lowest BCUT2D eigenvalue weighted by atomic mass is 9.98. The highest BCUT2D eigenvalue weighted by Gasteiger charge is 2.48. The molecule has 8 heteroatoms. The first-order valence-electron chi connectivity index (χ1n) is 7.67. The van der Waals surface area contributed by atoms with Gasteiger partial charge in [-0.15, -0.1) is 0 Å². The maximum Gasteiger partial charge on any atom is 0.248 e. The number of carbonyl (C=O) groups excluding carboxylic acids is 3. The van der Waals surface area contributed by atoms with E-state index in [1.807, 2.05) is 0 Å². The second-order valence-corrected chi connectivity index (χ2v) is 6.03. The molecule has 0 radical (unpaired) electrons. The third-order valence-electron chi connectivity index (χ3n) is 4.45. The number of nitrogens with two attached hydrogens (primary N) is 1. The molecule has 2 fully saturated rings. The molecule has 8 nitrogen and oxygen atoms in total. The smallest absolute Gasteiger partial charge is 0.248 e. The van der Waals surface area contributed by atoms with Crippen LogP contribution in [0.3, 0.4) is 0 Å². The molecule has 2 amide bonds. The molecule has 0 bridgehead atoms. The zero-order chi connectivity index (χ0) is 16.3. The number of aliphatic hydroxyl groups is 1. The third-order valence-corrected chi connectivity index (χ3v) is 4.45. The van der Waals surface area contributed by atoms with Crippen molar-refractivity contribution in [3.63, 3.8) is 0 Å². The molecule has 2 saturated heterocycles. The SMILES string of the molecule is C[C@@H](O)[C@@](N)(C=O)N(C(=O)[C@H]1CCNC1)C(=O)[C@@H]1CCCN1. The van der Waals surface area contributed by atoms with E-state index in [1.54, 1.807) is 0 Å². The number of nitrogens with one attached hydrogen (secondary N) is 2. The van der Waals surface area contributed by atoms with Gasteiger partial charge in [0.25, 0.3) is 0 Å². The van der Waals surface area contributed by atoms with Crippen LogP contribution < -0.4 is 16.4 Å². The molecule has 0 saturated carbocycles. The van der Waals surface area contributed by atoms with E-state index in [2.05, 4.69) is 10.6 Å². The predicted octanol–water partition coefficient (Wildman–Crippen LogP) is -2.06. The minimum Gasteiger partial charge on any atom is -0.389 e. The molecule has 0 aliphatic carbocycles. The van der Waals surface area contributed by atoms with Crippen LogP contribution in [-0.4, -0.2) is 65.5 Å². The highest BCUT2D eigenvalue weighted by molar-refractivity contribution is 6.02. The number of imide groups is 1. The van der Waals surface area contributed by atoms with Crippen molar-refractivity contribution in [3.8, 4) is 0 Å². The third kappa shape index (κ3) is 3.05. The number of aliphatic hydroxyl groups excluding tert-OH is 1. The van der Waals surface area contributed by atoms with Crippen LogP contribution in [0, 0.1) is 5.92 Å². The zero-order valence-corrected chi connectivity index (χ0v) is 12.7. The molecule has 4 atom stereocenters. The number of rotatable bonds is 5. The van der Waals surface area contributed by atoms with Crippen molar-refractivity contribution >= 4 is 18.1 Å². The van der Waals surface area contributed by atoms with Crippen molar-refractivity contribution in [2.24, 2.45) is 11.7 Å². The van der Waals surface area contributed by atoms with Gasteiger partial charge in [0.15, 0.2) is 11.9 Å². The van der Waals surface area contributed by atoms with Crippen molar-refractivity contribution < 1.29 is 19.5 Å². The summed E-state index contributed by atoms with van der Waals surface area (Å²) in [5.41, 5.74) is 3.90. The number of hydrogen-bond donors (Lipinski definition) is 4. The molecule has 0 aromatic heterocycles. The second kappa shape index (κ2) is 6.82. The van der Waals surface area contributed by atoms with Gasteiger partial charge in [0.2, 0.25) is 11.8 Å². The topological polar surface area (TPSA) is 125 Å². The summed E-state index contributed by atoms with van der Waals surface area (Å²) in [5.74, 6) is -1.45. The Balaban J connectivity index is 2.32. The van der Waals surface area contributed by atoms with Crippen molar-refractivity contribution in [2.75, 3.05) is 19.6 Å². The molecule has 2 heterocycles. The summed E-state index contributed by atoms with van der Waals surface area (Å²) in [4.78, 5) is 37.7. The van der Waals surface area contributed by atoms with Gasteiger partial charge < -0.3 is 15.7 Å². The fourth-order valence-corrected chi connectivity index (χ4v) is 2.93. The van der Waals surface area contributed by atoms with E-state index in [-0.39, 0.29) is 6.29 Å². The first-order valence-corrected chi connectivity index (χ1v) is 7.67. The summed E-state index contributed by atoms with van der Waals surface area (Å²) in [6, 6.07) is -0.542. The fourth-order valence-electron chi connectivity index (χ4n) is 2.93. The maximum absolute atomic E-state index is 12.7. The van der Waals surface area contributed by atoms with Gasteiger partial charge in [-0.1, -0.05) is 0 Å². The normalized spacial score (nSPS) is 28.9. The van der Waals surface area contributed by atoms with E-state index in [4.69, 9.17) is 5.73 Å². The molecule has 5 N–H and O–H groups in total. The van der Waals surface area contributed by atoms with E-state index in [0.717, 1.165) is 11.3 Å². The Morgan fingerprint density at radius 2 is 2.09 bits per heavy atom. The Bertz CT molecular complexity index is 416. The summed E-state index contributed by atoms with van der Waals surface area (Å²) < 4.78 is 0. The molecule has 0 aromatic rings. The van der Waals surface area contributed by atoms with Crippen LogP contribution in [0.25, 0.3) is 0 Å². The Morgan fingerprint density at radius 3 is 2.55 bits per heavy atom. The van der Waals surface area contributed by atoms with Crippen LogP contribution in [0.1, 0.15) is 26.2 Å². The Kier molecular flexibility index (Phi) is 5.28. The van der Waals surface area contributed by atoms with E-state index in [1.165, 1.54) is 6.92 Å². The van der Waals surface area contributed by atoms with Crippen LogP contribution in [0.4, 0.5) is 0 Å². The summed E-state index contributed by atoms with van der Waals surface area (Å²) in [6.45, 7) is 3.09. The van der Waals surface area contributed by atoms with Gasteiger partial charge in [-0.05, 0) is 39.3 Å². The van der Waals surface area contributed by atoms with Crippen molar-refractivity contribution in [3.05, 3.63) is 0 Å². The summed E-state index contributed by atoms with van der Waals surface area (Å²) in [5, 5.41) is 15.9. The maximum atomic E-state index is 12.7.